The molecule has 1 aliphatic carbocycles. The number of aromatic nitrogens is 1. The summed E-state index contributed by atoms with van der Waals surface area (Å²) < 4.78 is 1.98. The molecule has 0 radical (unpaired) electrons. The molecule has 3 nitrogen and oxygen atoms in total. The van der Waals surface area contributed by atoms with E-state index in [0.29, 0.717) is 12.6 Å². The summed E-state index contributed by atoms with van der Waals surface area (Å²) in [6.45, 7) is 7.88. The number of aryl methyl sites for hydroxylation is 2. The number of nitrogens with zero attached hydrogens (tertiary/aromatic N) is 1. The highest BCUT2D eigenvalue weighted by molar-refractivity contribution is 5.27. The lowest BCUT2D eigenvalue weighted by Gasteiger charge is -2.14. The Bertz CT molecular complexity index is 458. The normalized spacial score (nSPS) is 15.2. The summed E-state index contributed by atoms with van der Waals surface area (Å²) in [6.07, 6.45) is 3.42. The topological polar surface area (TPSA) is 34.0 Å². The van der Waals surface area contributed by atoms with Crippen LogP contribution in [0.25, 0.3) is 0 Å². The Morgan fingerprint density at radius 2 is 2.12 bits per heavy atom. The third-order valence-corrected chi connectivity index (χ3v) is 3.40. The second-order valence-corrected chi connectivity index (χ2v) is 5.03. The molecule has 0 bridgehead atoms. The third-order valence-electron chi connectivity index (χ3n) is 3.40. The van der Waals surface area contributed by atoms with E-state index in [4.69, 9.17) is 0 Å². The molecular formula is C14H22N2O. The van der Waals surface area contributed by atoms with E-state index in [2.05, 4.69) is 18.3 Å². The van der Waals surface area contributed by atoms with Crippen LogP contribution in [0, 0.1) is 13.8 Å². The van der Waals surface area contributed by atoms with Gasteiger partial charge in [0.2, 0.25) is 0 Å². The predicted molar refractivity (Wildman–Crippen MR) is 70.4 cm³/mol. The lowest BCUT2D eigenvalue weighted by atomic mass is 10.1. The maximum Gasteiger partial charge on any atom is 0.255 e. The van der Waals surface area contributed by atoms with Crippen LogP contribution in [0.1, 0.15) is 49.0 Å². The van der Waals surface area contributed by atoms with Crippen molar-refractivity contribution in [1.82, 2.24) is 9.88 Å². The van der Waals surface area contributed by atoms with E-state index in [-0.39, 0.29) is 5.56 Å². The Kier molecular flexibility index (Phi) is 3.67. The molecule has 0 amide bonds. The Balaban J connectivity index is 2.30. The van der Waals surface area contributed by atoms with Gasteiger partial charge in [0.15, 0.2) is 0 Å². The first kappa shape index (κ1) is 12.4. The van der Waals surface area contributed by atoms with Gasteiger partial charge in [-0.25, -0.2) is 0 Å². The van der Waals surface area contributed by atoms with E-state index in [9.17, 15) is 4.79 Å². The first-order valence-corrected chi connectivity index (χ1v) is 6.57. The van der Waals surface area contributed by atoms with Crippen molar-refractivity contribution in [3.05, 3.63) is 33.2 Å². The fraction of sp³-hybridized carbons (Fsp3) is 0.643. The van der Waals surface area contributed by atoms with Crippen LogP contribution in [0.5, 0.6) is 0 Å². The fourth-order valence-corrected chi connectivity index (χ4v) is 2.34. The largest absolute Gasteiger partial charge is 0.312 e. The number of rotatable bonds is 5. The van der Waals surface area contributed by atoms with Crippen molar-refractivity contribution in [2.75, 3.05) is 6.54 Å². The van der Waals surface area contributed by atoms with Crippen LogP contribution >= 0.6 is 0 Å². The molecular weight excluding hydrogens is 212 g/mol. The van der Waals surface area contributed by atoms with Crippen molar-refractivity contribution in [2.24, 2.45) is 0 Å². The van der Waals surface area contributed by atoms with Gasteiger partial charge in [0, 0.05) is 23.8 Å². The standard InChI is InChI=1S/C14H22N2O/c1-4-7-15-9-13-10(2)8-11(3)16(14(13)17)12-5-6-12/h8,12,15H,4-7,9H2,1-3H3. The molecule has 94 valence electrons. The van der Waals surface area contributed by atoms with E-state index in [1.807, 2.05) is 18.4 Å². The molecule has 3 heteroatoms. The summed E-state index contributed by atoms with van der Waals surface area (Å²) in [5.41, 5.74) is 3.38. The van der Waals surface area contributed by atoms with E-state index in [1.54, 1.807) is 0 Å². The van der Waals surface area contributed by atoms with Gasteiger partial charge in [-0.2, -0.15) is 0 Å². The van der Waals surface area contributed by atoms with E-state index >= 15 is 0 Å². The molecule has 0 saturated heterocycles. The smallest absolute Gasteiger partial charge is 0.255 e. The molecule has 2 rings (SSSR count). The van der Waals surface area contributed by atoms with Crippen LogP contribution in [0.2, 0.25) is 0 Å². The van der Waals surface area contributed by atoms with Gasteiger partial charge in [-0.1, -0.05) is 6.92 Å². The average Bonchev–Trinajstić information content (AvgIpc) is 3.07. The number of hydrogen-bond acceptors (Lipinski definition) is 2. The van der Waals surface area contributed by atoms with Crippen molar-refractivity contribution < 1.29 is 0 Å². The molecule has 0 aromatic carbocycles. The second-order valence-electron chi connectivity index (χ2n) is 5.03. The molecule has 0 unspecified atom stereocenters. The van der Waals surface area contributed by atoms with Crippen LogP contribution in [0.3, 0.4) is 0 Å². The zero-order valence-electron chi connectivity index (χ0n) is 11.0. The van der Waals surface area contributed by atoms with E-state index in [1.165, 1.54) is 0 Å². The lowest BCUT2D eigenvalue weighted by molar-refractivity contribution is 0.633. The summed E-state index contributed by atoms with van der Waals surface area (Å²) in [7, 11) is 0. The van der Waals surface area contributed by atoms with Gasteiger partial charge in [0.1, 0.15) is 0 Å². The first-order valence-electron chi connectivity index (χ1n) is 6.57. The maximum atomic E-state index is 12.4. The van der Waals surface area contributed by atoms with Crippen molar-refractivity contribution in [3.63, 3.8) is 0 Å². The molecule has 1 fully saturated rings. The summed E-state index contributed by atoms with van der Waals surface area (Å²) in [5, 5.41) is 3.33. The van der Waals surface area contributed by atoms with Gasteiger partial charge in [-0.3, -0.25) is 4.79 Å². The minimum absolute atomic E-state index is 0.216. The van der Waals surface area contributed by atoms with Gasteiger partial charge in [0.25, 0.3) is 5.56 Å². The Hall–Kier alpha value is -1.09. The molecule has 1 saturated carbocycles. The second kappa shape index (κ2) is 5.05. The number of nitrogens with one attached hydrogen (secondary N) is 1. The zero-order valence-corrected chi connectivity index (χ0v) is 11.0. The highest BCUT2D eigenvalue weighted by Crippen LogP contribution is 2.34. The molecule has 0 atom stereocenters. The van der Waals surface area contributed by atoms with Crippen molar-refractivity contribution in [3.8, 4) is 0 Å². The van der Waals surface area contributed by atoms with Crippen molar-refractivity contribution >= 4 is 0 Å². The quantitative estimate of drug-likeness (QED) is 0.793. The summed E-state index contributed by atoms with van der Waals surface area (Å²) >= 11 is 0. The average molecular weight is 234 g/mol. The van der Waals surface area contributed by atoms with Crippen LogP contribution < -0.4 is 10.9 Å². The van der Waals surface area contributed by atoms with Gasteiger partial charge >= 0.3 is 0 Å². The highest BCUT2D eigenvalue weighted by Gasteiger charge is 2.26. The first-order chi connectivity index (χ1) is 8.15. The van der Waals surface area contributed by atoms with Gasteiger partial charge < -0.3 is 9.88 Å². The van der Waals surface area contributed by atoms with Crippen LogP contribution in [0.15, 0.2) is 10.9 Å². The van der Waals surface area contributed by atoms with E-state index < -0.39 is 0 Å². The minimum Gasteiger partial charge on any atom is -0.312 e. The van der Waals surface area contributed by atoms with Crippen LogP contribution in [-0.2, 0) is 6.54 Å². The summed E-state index contributed by atoms with van der Waals surface area (Å²) in [6, 6.07) is 2.61. The van der Waals surface area contributed by atoms with Gasteiger partial charge in [0.05, 0.1) is 0 Å². The van der Waals surface area contributed by atoms with Crippen LogP contribution in [-0.4, -0.2) is 11.1 Å². The summed E-state index contributed by atoms with van der Waals surface area (Å²) in [4.78, 5) is 12.4. The lowest BCUT2D eigenvalue weighted by Crippen LogP contribution is -2.29. The molecule has 1 N–H and O–H groups in total. The minimum atomic E-state index is 0.216. The van der Waals surface area contributed by atoms with E-state index in [0.717, 1.165) is 42.6 Å². The van der Waals surface area contributed by atoms with Gasteiger partial charge in [-0.15, -0.1) is 0 Å². The van der Waals surface area contributed by atoms with Crippen molar-refractivity contribution in [1.29, 1.82) is 0 Å². The molecule has 1 aliphatic rings. The highest BCUT2D eigenvalue weighted by atomic mass is 16.1. The molecule has 0 spiro atoms. The molecule has 1 aromatic heterocycles. The Morgan fingerprint density at radius 3 is 2.71 bits per heavy atom. The molecule has 1 heterocycles. The predicted octanol–water partition coefficient (Wildman–Crippen LogP) is 2.30. The molecule has 17 heavy (non-hydrogen) atoms. The Labute approximate surface area is 103 Å². The Morgan fingerprint density at radius 1 is 1.41 bits per heavy atom. The third kappa shape index (κ3) is 2.60. The number of pyridine rings is 1. The zero-order chi connectivity index (χ0) is 12.4. The fourth-order valence-electron chi connectivity index (χ4n) is 2.34. The maximum absolute atomic E-state index is 12.4. The number of hydrogen-bond donors (Lipinski definition) is 1. The molecule has 1 aromatic rings. The van der Waals surface area contributed by atoms with Crippen molar-refractivity contribution in [2.45, 2.75) is 52.6 Å². The van der Waals surface area contributed by atoms with Crippen LogP contribution in [0.4, 0.5) is 0 Å². The molecule has 0 aliphatic heterocycles. The van der Waals surface area contributed by atoms with Gasteiger partial charge in [-0.05, 0) is 51.3 Å². The summed E-state index contributed by atoms with van der Waals surface area (Å²) in [5.74, 6) is 0. The SMILES string of the molecule is CCCNCc1c(C)cc(C)n(C2CC2)c1=O. The monoisotopic (exact) mass is 234 g/mol.